The van der Waals surface area contributed by atoms with Crippen molar-refractivity contribution in [2.24, 2.45) is 0 Å². The first-order valence-electron chi connectivity index (χ1n) is 6.46. The lowest BCUT2D eigenvalue weighted by Gasteiger charge is -2.04. The van der Waals surface area contributed by atoms with Crippen molar-refractivity contribution in [2.75, 3.05) is 0 Å². The average Bonchev–Trinajstić information content (AvgIpc) is 3.09. The Hall–Kier alpha value is -1.84. The van der Waals surface area contributed by atoms with Crippen molar-refractivity contribution in [3.8, 4) is 0 Å². The molecule has 0 spiro atoms. The first-order valence-corrected chi connectivity index (χ1v) is 6.46. The van der Waals surface area contributed by atoms with E-state index in [0.717, 1.165) is 36.3 Å². The van der Waals surface area contributed by atoms with E-state index in [2.05, 4.69) is 14.7 Å². The van der Waals surface area contributed by atoms with Crippen LogP contribution in [0.3, 0.4) is 0 Å². The highest BCUT2D eigenvalue weighted by atomic mass is 16.1. The Labute approximate surface area is 106 Å². The largest absolute Gasteiger partial charge is 0.353 e. The Kier molecular flexibility index (Phi) is 2.78. The highest BCUT2D eigenvalue weighted by Gasteiger charge is 2.23. The van der Waals surface area contributed by atoms with Gasteiger partial charge in [-0.1, -0.05) is 6.07 Å². The summed E-state index contributed by atoms with van der Waals surface area (Å²) in [6.45, 7) is 2.00. The quantitative estimate of drug-likeness (QED) is 0.890. The molecule has 0 aromatic carbocycles. The van der Waals surface area contributed by atoms with E-state index in [0.29, 0.717) is 12.5 Å². The van der Waals surface area contributed by atoms with Gasteiger partial charge in [0.15, 0.2) is 0 Å². The first kappa shape index (κ1) is 11.3. The fraction of sp³-hybridized carbons (Fsp3) is 0.429. The van der Waals surface area contributed by atoms with E-state index in [1.165, 1.54) is 0 Å². The molecule has 0 atom stereocenters. The second-order valence-electron chi connectivity index (χ2n) is 4.91. The lowest BCUT2D eigenvalue weighted by atomic mass is 10.2. The van der Waals surface area contributed by atoms with Crippen LogP contribution in [0, 0.1) is 6.92 Å². The molecule has 2 heterocycles. The molecule has 4 nitrogen and oxygen atoms in total. The second-order valence-corrected chi connectivity index (χ2v) is 4.91. The number of pyridine rings is 1. The highest BCUT2D eigenvalue weighted by molar-refractivity contribution is 5.76. The molecule has 0 aliphatic heterocycles. The number of carbonyl (C=O) groups is 1. The van der Waals surface area contributed by atoms with Crippen LogP contribution in [0.1, 0.15) is 30.7 Å². The van der Waals surface area contributed by atoms with Crippen LogP contribution in [-0.2, 0) is 11.2 Å². The van der Waals surface area contributed by atoms with E-state index in [9.17, 15) is 4.79 Å². The van der Waals surface area contributed by atoms with Gasteiger partial charge < -0.3 is 9.72 Å². The van der Waals surface area contributed by atoms with Gasteiger partial charge in [-0.3, -0.25) is 4.79 Å². The summed E-state index contributed by atoms with van der Waals surface area (Å²) < 4.78 is 2.07. The topological polar surface area (TPSA) is 46.4 Å². The number of fused-ring (bicyclic) bond motifs is 1. The number of nitrogens with one attached hydrogen (secondary N) is 1. The number of hydrogen-bond acceptors (Lipinski definition) is 2. The molecule has 4 heteroatoms. The van der Waals surface area contributed by atoms with E-state index in [1.54, 1.807) is 0 Å². The summed E-state index contributed by atoms with van der Waals surface area (Å²) in [7, 11) is 0. The molecule has 1 N–H and O–H groups in total. The predicted molar refractivity (Wildman–Crippen MR) is 69.4 cm³/mol. The molecule has 3 rings (SSSR count). The molecule has 94 valence electrons. The van der Waals surface area contributed by atoms with Gasteiger partial charge in [0.2, 0.25) is 5.91 Å². The summed E-state index contributed by atoms with van der Waals surface area (Å²) in [4.78, 5) is 16.2. The molecule has 0 unspecified atom stereocenters. The monoisotopic (exact) mass is 243 g/mol. The molecular weight excluding hydrogens is 226 g/mol. The van der Waals surface area contributed by atoms with Crippen molar-refractivity contribution in [3.05, 3.63) is 35.8 Å². The van der Waals surface area contributed by atoms with E-state index >= 15 is 0 Å². The van der Waals surface area contributed by atoms with Crippen molar-refractivity contribution in [3.63, 3.8) is 0 Å². The lowest BCUT2D eigenvalue weighted by Crippen LogP contribution is -2.25. The van der Waals surface area contributed by atoms with Crippen LogP contribution in [0.4, 0.5) is 0 Å². The molecule has 1 aliphatic rings. The maximum Gasteiger partial charge on any atom is 0.220 e. The van der Waals surface area contributed by atoms with Crippen LogP contribution in [-0.4, -0.2) is 21.3 Å². The number of imidazole rings is 1. The minimum Gasteiger partial charge on any atom is -0.353 e. The minimum atomic E-state index is 0.155. The zero-order chi connectivity index (χ0) is 12.5. The van der Waals surface area contributed by atoms with Gasteiger partial charge in [-0.25, -0.2) is 4.98 Å². The third kappa shape index (κ3) is 2.23. The average molecular weight is 243 g/mol. The molecule has 1 aliphatic carbocycles. The van der Waals surface area contributed by atoms with E-state index in [-0.39, 0.29) is 5.91 Å². The van der Waals surface area contributed by atoms with E-state index < -0.39 is 0 Å². The van der Waals surface area contributed by atoms with Crippen LogP contribution in [0.25, 0.3) is 5.65 Å². The number of rotatable bonds is 4. The number of carbonyl (C=O) groups excluding carboxylic acids is 1. The lowest BCUT2D eigenvalue weighted by molar-refractivity contribution is -0.121. The predicted octanol–water partition coefficient (Wildman–Crippen LogP) is 1.85. The summed E-state index contributed by atoms with van der Waals surface area (Å²) in [5.74, 6) is 0.155. The Morgan fingerprint density at radius 2 is 2.33 bits per heavy atom. The van der Waals surface area contributed by atoms with Crippen LogP contribution in [0.15, 0.2) is 24.4 Å². The van der Waals surface area contributed by atoms with Crippen molar-refractivity contribution in [1.29, 1.82) is 0 Å². The summed E-state index contributed by atoms with van der Waals surface area (Å²) in [5.41, 5.74) is 3.10. The Morgan fingerprint density at radius 1 is 1.50 bits per heavy atom. The Balaban J connectivity index is 1.73. The Bertz CT molecular complexity index is 584. The SMILES string of the molecule is Cc1nc2ccccn2c1CCC(=O)NC1CC1. The van der Waals surface area contributed by atoms with Crippen molar-refractivity contribution in [1.82, 2.24) is 14.7 Å². The first-order chi connectivity index (χ1) is 8.74. The third-order valence-electron chi connectivity index (χ3n) is 3.36. The van der Waals surface area contributed by atoms with Gasteiger partial charge in [0, 0.05) is 24.4 Å². The molecular formula is C14H17N3O. The molecule has 2 aromatic rings. The molecule has 0 radical (unpaired) electrons. The fourth-order valence-electron chi connectivity index (χ4n) is 2.22. The maximum atomic E-state index is 11.7. The summed E-state index contributed by atoms with van der Waals surface area (Å²) >= 11 is 0. The van der Waals surface area contributed by atoms with E-state index in [4.69, 9.17) is 0 Å². The molecule has 1 fully saturated rings. The van der Waals surface area contributed by atoms with Gasteiger partial charge in [0.05, 0.1) is 5.69 Å². The maximum absolute atomic E-state index is 11.7. The minimum absolute atomic E-state index is 0.155. The number of aryl methyl sites for hydroxylation is 2. The van der Waals surface area contributed by atoms with Crippen molar-refractivity contribution >= 4 is 11.6 Å². The van der Waals surface area contributed by atoms with Crippen LogP contribution < -0.4 is 5.32 Å². The number of nitrogens with zero attached hydrogens (tertiary/aromatic N) is 2. The van der Waals surface area contributed by atoms with Gasteiger partial charge in [0.1, 0.15) is 5.65 Å². The highest BCUT2D eigenvalue weighted by Crippen LogP contribution is 2.19. The molecule has 0 bridgehead atoms. The Morgan fingerprint density at radius 3 is 3.11 bits per heavy atom. The van der Waals surface area contributed by atoms with Crippen LogP contribution >= 0.6 is 0 Å². The van der Waals surface area contributed by atoms with Crippen molar-refractivity contribution in [2.45, 2.75) is 38.6 Å². The van der Waals surface area contributed by atoms with Crippen LogP contribution in [0.5, 0.6) is 0 Å². The van der Waals surface area contributed by atoms with Gasteiger partial charge in [0.25, 0.3) is 0 Å². The number of hydrogen-bond donors (Lipinski definition) is 1. The zero-order valence-electron chi connectivity index (χ0n) is 10.5. The molecule has 1 amide bonds. The summed E-state index contributed by atoms with van der Waals surface area (Å²) in [5, 5.41) is 3.02. The molecule has 0 saturated heterocycles. The zero-order valence-corrected chi connectivity index (χ0v) is 10.5. The van der Waals surface area contributed by atoms with E-state index in [1.807, 2.05) is 31.3 Å². The van der Waals surface area contributed by atoms with Gasteiger partial charge in [-0.2, -0.15) is 0 Å². The summed E-state index contributed by atoms with van der Waals surface area (Å²) in [6.07, 6.45) is 5.57. The fourth-order valence-corrected chi connectivity index (χ4v) is 2.22. The standard InChI is InChI=1S/C14H17N3O/c1-10-12(7-8-14(18)16-11-5-6-11)17-9-3-2-4-13(17)15-10/h2-4,9,11H,5-8H2,1H3,(H,16,18). The molecule has 2 aromatic heterocycles. The number of aromatic nitrogens is 2. The smallest absolute Gasteiger partial charge is 0.220 e. The second kappa shape index (κ2) is 4.44. The van der Waals surface area contributed by atoms with Crippen LogP contribution in [0.2, 0.25) is 0 Å². The number of amides is 1. The third-order valence-corrected chi connectivity index (χ3v) is 3.36. The normalized spacial score (nSPS) is 14.9. The molecule has 18 heavy (non-hydrogen) atoms. The molecule has 1 saturated carbocycles. The van der Waals surface area contributed by atoms with Crippen molar-refractivity contribution < 1.29 is 4.79 Å². The van der Waals surface area contributed by atoms with Gasteiger partial charge in [-0.05, 0) is 38.3 Å². The summed E-state index contributed by atoms with van der Waals surface area (Å²) in [6, 6.07) is 6.40. The van der Waals surface area contributed by atoms with Gasteiger partial charge in [-0.15, -0.1) is 0 Å². The van der Waals surface area contributed by atoms with Gasteiger partial charge >= 0.3 is 0 Å².